The average molecular weight is 406 g/mol. The zero-order valence-electron chi connectivity index (χ0n) is 17.9. The van der Waals surface area contributed by atoms with E-state index in [4.69, 9.17) is 4.84 Å². The van der Waals surface area contributed by atoms with Crippen LogP contribution in [0.15, 0.2) is 134 Å². The van der Waals surface area contributed by atoms with Crippen molar-refractivity contribution in [2.24, 2.45) is 0 Å². The molecule has 0 bridgehead atoms. The van der Waals surface area contributed by atoms with E-state index in [0.29, 0.717) is 5.76 Å². The van der Waals surface area contributed by atoms with Gasteiger partial charge in [-0.2, -0.15) is 5.06 Å². The molecule has 0 fully saturated rings. The Kier molecular flexibility index (Phi) is 7.45. The summed E-state index contributed by atoms with van der Waals surface area (Å²) in [6.45, 7) is 14.1. The summed E-state index contributed by atoms with van der Waals surface area (Å²) in [5.41, 5.74) is 5.84. The topological polar surface area (TPSA) is 12.5 Å². The summed E-state index contributed by atoms with van der Waals surface area (Å²) in [7, 11) is 0. The first-order valence-corrected chi connectivity index (χ1v) is 10.1. The van der Waals surface area contributed by atoms with Crippen molar-refractivity contribution in [1.82, 2.24) is 0 Å². The number of rotatable bonds is 9. The van der Waals surface area contributed by atoms with Crippen molar-refractivity contribution in [3.63, 3.8) is 0 Å². The third-order valence-corrected chi connectivity index (χ3v) is 4.80. The van der Waals surface area contributed by atoms with Crippen LogP contribution in [0.5, 0.6) is 0 Å². The van der Waals surface area contributed by atoms with Gasteiger partial charge >= 0.3 is 0 Å². The summed E-state index contributed by atoms with van der Waals surface area (Å²) in [6.07, 6.45) is 7.38. The van der Waals surface area contributed by atoms with E-state index in [-0.39, 0.29) is 0 Å². The quantitative estimate of drug-likeness (QED) is 0.202. The maximum atomic E-state index is 6.36. The molecule has 0 amide bonds. The Morgan fingerprint density at radius 3 is 1.90 bits per heavy atom. The Morgan fingerprint density at radius 2 is 1.35 bits per heavy atom. The Morgan fingerprint density at radius 1 is 0.806 bits per heavy atom. The van der Waals surface area contributed by atoms with E-state index in [1.807, 2.05) is 104 Å². The van der Waals surface area contributed by atoms with Gasteiger partial charge in [-0.25, -0.2) is 0 Å². The fraction of sp³-hybridized carbons (Fsp3) is 0.0345. The molecule has 0 aromatic heterocycles. The number of hydrogen-bond acceptors (Lipinski definition) is 2. The summed E-state index contributed by atoms with van der Waals surface area (Å²) < 4.78 is 0. The van der Waals surface area contributed by atoms with Crippen LogP contribution in [0, 0.1) is 0 Å². The number of hydrogen-bond donors (Lipinski definition) is 0. The Balaban J connectivity index is 1.95. The molecule has 2 heteroatoms. The van der Waals surface area contributed by atoms with Gasteiger partial charge in [0.25, 0.3) is 0 Å². The van der Waals surface area contributed by atoms with E-state index in [9.17, 15) is 0 Å². The third kappa shape index (κ3) is 5.52. The average Bonchev–Trinajstić information content (AvgIpc) is 2.83. The first kappa shape index (κ1) is 21.7. The number of para-hydroxylation sites is 2. The molecule has 31 heavy (non-hydrogen) atoms. The highest BCUT2D eigenvalue weighted by Crippen LogP contribution is 2.30. The summed E-state index contributed by atoms with van der Waals surface area (Å²) in [4.78, 5) is 6.36. The lowest BCUT2D eigenvalue weighted by Gasteiger charge is -2.25. The zero-order valence-corrected chi connectivity index (χ0v) is 17.9. The van der Waals surface area contributed by atoms with Gasteiger partial charge in [0.05, 0.1) is 11.4 Å². The van der Waals surface area contributed by atoms with Gasteiger partial charge < -0.3 is 4.84 Å². The fourth-order valence-electron chi connectivity index (χ4n) is 3.17. The smallest absolute Gasteiger partial charge is 0.156 e. The molecule has 0 aliphatic carbocycles. The van der Waals surface area contributed by atoms with E-state index >= 15 is 0 Å². The van der Waals surface area contributed by atoms with Gasteiger partial charge in [-0.1, -0.05) is 92.6 Å². The lowest BCUT2D eigenvalue weighted by atomic mass is 9.95. The van der Waals surface area contributed by atoms with E-state index in [0.717, 1.165) is 33.6 Å². The van der Waals surface area contributed by atoms with Gasteiger partial charge in [0, 0.05) is 0 Å². The summed E-state index contributed by atoms with van der Waals surface area (Å²) in [6, 6.07) is 28.0. The second kappa shape index (κ2) is 10.7. The molecular formula is C29H27NO. The Hall–Kier alpha value is -4.04. The molecule has 0 heterocycles. The van der Waals surface area contributed by atoms with Crippen molar-refractivity contribution in [2.75, 3.05) is 5.06 Å². The summed E-state index contributed by atoms with van der Waals surface area (Å²) in [5, 5.41) is 1.81. The molecule has 3 rings (SSSR count). The van der Waals surface area contributed by atoms with Crippen LogP contribution in [0.25, 0.3) is 11.6 Å². The minimum absolute atomic E-state index is 0.650. The normalized spacial score (nSPS) is 11.5. The third-order valence-electron chi connectivity index (χ3n) is 4.80. The molecule has 2 nitrogen and oxygen atoms in total. The SMILES string of the molecule is C=C/C=C(/C=C(/C)C(=C)c1ccccc1C=C)ON(c1ccccc1)c1ccccc1. The molecule has 0 aliphatic heterocycles. The first-order chi connectivity index (χ1) is 15.1. The highest BCUT2D eigenvalue weighted by molar-refractivity contribution is 5.82. The predicted molar refractivity (Wildman–Crippen MR) is 134 cm³/mol. The van der Waals surface area contributed by atoms with Crippen LogP contribution in [0.4, 0.5) is 11.4 Å². The van der Waals surface area contributed by atoms with E-state index in [1.165, 1.54) is 0 Å². The molecule has 3 aromatic carbocycles. The monoisotopic (exact) mass is 405 g/mol. The molecule has 0 spiro atoms. The van der Waals surface area contributed by atoms with Crippen molar-refractivity contribution in [3.8, 4) is 0 Å². The van der Waals surface area contributed by atoms with Gasteiger partial charge in [0.1, 0.15) is 0 Å². The molecule has 0 saturated carbocycles. The first-order valence-electron chi connectivity index (χ1n) is 10.1. The molecule has 0 atom stereocenters. The zero-order chi connectivity index (χ0) is 22.1. The standard InChI is InChI=1S/C29H27NO/c1-5-15-28(22-23(3)24(4)29-21-14-13-16-25(29)6-2)31-30(26-17-9-7-10-18-26)27-19-11-8-12-20-27/h5-22H,1-2,4H2,3H3/b23-22-,28-15-. The molecule has 0 N–H and O–H groups in total. The summed E-state index contributed by atoms with van der Waals surface area (Å²) >= 11 is 0. The molecule has 0 saturated heterocycles. The molecule has 0 aliphatic rings. The lowest BCUT2D eigenvalue weighted by molar-refractivity contribution is 0.228. The lowest BCUT2D eigenvalue weighted by Crippen LogP contribution is -2.17. The van der Waals surface area contributed by atoms with Gasteiger partial charge in [-0.15, -0.1) is 0 Å². The van der Waals surface area contributed by atoms with E-state index < -0.39 is 0 Å². The van der Waals surface area contributed by atoms with E-state index in [2.05, 4.69) is 25.8 Å². The maximum absolute atomic E-state index is 6.36. The van der Waals surface area contributed by atoms with Crippen molar-refractivity contribution >= 4 is 23.0 Å². The maximum Gasteiger partial charge on any atom is 0.156 e. The van der Waals surface area contributed by atoms with Crippen LogP contribution >= 0.6 is 0 Å². The largest absolute Gasteiger partial charge is 0.375 e. The van der Waals surface area contributed by atoms with Gasteiger partial charge in [0.2, 0.25) is 0 Å². The molecule has 0 radical (unpaired) electrons. The van der Waals surface area contributed by atoms with Gasteiger partial charge in [-0.3, -0.25) is 0 Å². The Labute approximate surface area is 185 Å². The van der Waals surface area contributed by atoms with Crippen LogP contribution < -0.4 is 5.06 Å². The number of nitrogens with zero attached hydrogens (tertiary/aromatic N) is 1. The minimum Gasteiger partial charge on any atom is -0.375 e. The summed E-state index contributed by atoms with van der Waals surface area (Å²) in [5.74, 6) is 0.650. The molecule has 0 unspecified atom stereocenters. The van der Waals surface area contributed by atoms with Crippen LogP contribution in [-0.2, 0) is 4.84 Å². The Bertz CT molecular complexity index is 1070. The van der Waals surface area contributed by atoms with Crippen molar-refractivity contribution in [2.45, 2.75) is 6.92 Å². The van der Waals surface area contributed by atoms with Crippen molar-refractivity contribution < 1.29 is 4.84 Å². The second-order valence-corrected chi connectivity index (χ2v) is 6.96. The van der Waals surface area contributed by atoms with Crippen molar-refractivity contribution in [1.29, 1.82) is 0 Å². The van der Waals surface area contributed by atoms with Crippen LogP contribution in [0.1, 0.15) is 18.1 Å². The highest BCUT2D eigenvalue weighted by Gasteiger charge is 2.13. The predicted octanol–water partition coefficient (Wildman–Crippen LogP) is 8.13. The van der Waals surface area contributed by atoms with Crippen LogP contribution in [0.3, 0.4) is 0 Å². The fourth-order valence-corrected chi connectivity index (χ4v) is 3.17. The van der Waals surface area contributed by atoms with Gasteiger partial charge in [0.15, 0.2) is 5.76 Å². The molecular weight excluding hydrogens is 378 g/mol. The number of benzene rings is 3. The number of allylic oxidation sites excluding steroid dienone is 5. The van der Waals surface area contributed by atoms with Crippen LogP contribution in [0.2, 0.25) is 0 Å². The second-order valence-electron chi connectivity index (χ2n) is 6.96. The minimum atomic E-state index is 0.650. The van der Waals surface area contributed by atoms with Gasteiger partial charge in [-0.05, 0) is 65.6 Å². The molecule has 154 valence electrons. The molecule has 3 aromatic rings. The van der Waals surface area contributed by atoms with Crippen LogP contribution in [-0.4, -0.2) is 0 Å². The van der Waals surface area contributed by atoms with Crippen molar-refractivity contribution in [3.05, 3.63) is 145 Å². The number of anilines is 2. The van der Waals surface area contributed by atoms with E-state index in [1.54, 1.807) is 11.1 Å². The highest BCUT2D eigenvalue weighted by atomic mass is 16.7.